The summed E-state index contributed by atoms with van der Waals surface area (Å²) >= 11 is 0. The highest BCUT2D eigenvalue weighted by Crippen LogP contribution is 2.34. The van der Waals surface area contributed by atoms with Crippen molar-refractivity contribution in [2.75, 3.05) is 0 Å². The molecule has 2 aromatic rings. The van der Waals surface area contributed by atoms with Crippen molar-refractivity contribution < 1.29 is 18.0 Å². The summed E-state index contributed by atoms with van der Waals surface area (Å²) in [7, 11) is 0. The minimum Gasteiger partial charge on any atom is -0.292 e. The van der Waals surface area contributed by atoms with Crippen molar-refractivity contribution in [2.45, 2.75) is 24.9 Å². The van der Waals surface area contributed by atoms with Crippen LogP contribution in [0.1, 0.15) is 39.6 Å². The lowest BCUT2D eigenvalue weighted by Gasteiger charge is -2.10. The van der Waals surface area contributed by atoms with Crippen molar-refractivity contribution >= 4 is 5.78 Å². The minimum atomic E-state index is -4.45. The predicted octanol–water partition coefficient (Wildman–Crippen LogP) is 3.41. The molecular formula is C15H11F3N2O. The molecule has 1 aliphatic carbocycles. The van der Waals surface area contributed by atoms with Crippen LogP contribution in [0.3, 0.4) is 0 Å². The SMILES string of the molecule is O=C(c1ccc(C(F)(F)F)cn1)C1CCc2cccnc21. The maximum Gasteiger partial charge on any atom is 0.417 e. The fourth-order valence-corrected chi connectivity index (χ4v) is 2.55. The van der Waals surface area contributed by atoms with Gasteiger partial charge in [-0.25, -0.2) is 0 Å². The van der Waals surface area contributed by atoms with Gasteiger partial charge in [-0.15, -0.1) is 0 Å². The van der Waals surface area contributed by atoms with Crippen LogP contribution < -0.4 is 0 Å². The maximum absolute atomic E-state index is 12.5. The lowest BCUT2D eigenvalue weighted by atomic mass is 9.98. The number of pyridine rings is 2. The fourth-order valence-electron chi connectivity index (χ4n) is 2.55. The average molecular weight is 292 g/mol. The van der Waals surface area contributed by atoms with Crippen LogP contribution in [0, 0.1) is 0 Å². The van der Waals surface area contributed by atoms with Gasteiger partial charge in [0.05, 0.1) is 17.2 Å². The molecule has 0 saturated carbocycles. The van der Waals surface area contributed by atoms with Crippen molar-refractivity contribution in [3.05, 3.63) is 59.2 Å². The Balaban J connectivity index is 1.87. The van der Waals surface area contributed by atoms with Crippen molar-refractivity contribution in [1.82, 2.24) is 9.97 Å². The number of ketones is 1. The molecule has 0 amide bonds. The summed E-state index contributed by atoms with van der Waals surface area (Å²) in [5.41, 5.74) is 0.919. The zero-order chi connectivity index (χ0) is 15.0. The first-order chi connectivity index (χ1) is 9.97. The van der Waals surface area contributed by atoms with Crippen LogP contribution in [-0.4, -0.2) is 15.8 Å². The molecule has 6 heteroatoms. The van der Waals surface area contributed by atoms with Crippen LogP contribution in [0.4, 0.5) is 13.2 Å². The second-order valence-electron chi connectivity index (χ2n) is 4.93. The Bertz CT molecular complexity index is 680. The number of nitrogens with zero attached hydrogens (tertiary/aromatic N) is 2. The molecule has 108 valence electrons. The van der Waals surface area contributed by atoms with E-state index in [1.54, 1.807) is 6.20 Å². The number of hydrogen-bond acceptors (Lipinski definition) is 3. The summed E-state index contributed by atoms with van der Waals surface area (Å²) in [5.74, 6) is -0.688. The Kier molecular flexibility index (Phi) is 3.23. The van der Waals surface area contributed by atoms with Gasteiger partial charge in [0.1, 0.15) is 5.69 Å². The number of aryl methyl sites for hydroxylation is 1. The van der Waals surface area contributed by atoms with Crippen LogP contribution in [0.5, 0.6) is 0 Å². The van der Waals surface area contributed by atoms with E-state index < -0.39 is 17.7 Å². The predicted molar refractivity (Wildman–Crippen MR) is 68.9 cm³/mol. The Morgan fingerprint density at radius 1 is 1.19 bits per heavy atom. The third-order valence-corrected chi connectivity index (χ3v) is 3.62. The van der Waals surface area contributed by atoms with E-state index in [-0.39, 0.29) is 11.5 Å². The quantitative estimate of drug-likeness (QED) is 0.797. The molecule has 3 nitrogen and oxygen atoms in total. The summed E-state index contributed by atoms with van der Waals surface area (Å²) in [4.78, 5) is 20.3. The Morgan fingerprint density at radius 3 is 2.67 bits per heavy atom. The minimum absolute atomic E-state index is 0.0477. The van der Waals surface area contributed by atoms with Gasteiger partial charge >= 0.3 is 6.18 Å². The largest absolute Gasteiger partial charge is 0.417 e. The third kappa shape index (κ3) is 2.53. The van der Waals surface area contributed by atoms with Gasteiger partial charge in [0.15, 0.2) is 5.78 Å². The number of fused-ring (bicyclic) bond motifs is 1. The van der Waals surface area contributed by atoms with E-state index in [0.29, 0.717) is 18.3 Å². The van der Waals surface area contributed by atoms with Gasteiger partial charge in [-0.2, -0.15) is 13.2 Å². The average Bonchev–Trinajstić information content (AvgIpc) is 2.90. The molecule has 1 aliphatic rings. The third-order valence-electron chi connectivity index (χ3n) is 3.62. The summed E-state index contributed by atoms with van der Waals surface area (Å²) in [6.45, 7) is 0. The van der Waals surface area contributed by atoms with Gasteiger partial charge in [-0.1, -0.05) is 6.07 Å². The molecular weight excluding hydrogens is 281 g/mol. The number of hydrogen-bond donors (Lipinski definition) is 0. The van der Waals surface area contributed by atoms with Crippen molar-refractivity contribution in [3.63, 3.8) is 0 Å². The molecule has 0 aliphatic heterocycles. The zero-order valence-corrected chi connectivity index (χ0v) is 10.9. The van der Waals surface area contributed by atoms with E-state index in [2.05, 4.69) is 9.97 Å². The van der Waals surface area contributed by atoms with Crippen LogP contribution >= 0.6 is 0 Å². The Morgan fingerprint density at radius 2 is 2.00 bits per heavy atom. The highest BCUT2D eigenvalue weighted by atomic mass is 19.4. The van der Waals surface area contributed by atoms with Gasteiger partial charge in [-0.3, -0.25) is 14.8 Å². The molecule has 2 heterocycles. The van der Waals surface area contributed by atoms with Crippen LogP contribution in [0.2, 0.25) is 0 Å². The number of carbonyl (C=O) groups excluding carboxylic acids is 1. The first kappa shape index (κ1) is 13.7. The first-order valence-corrected chi connectivity index (χ1v) is 6.48. The number of halogens is 3. The zero-order valence-electron chi connectivity index (χ0n) is 10.9. The summed E-state index contributed by atoms with van der Waals surface area (Å²) in [5, 5.41) is 0. The standard InChI is InChI=1S/C15H11F3N2O/c16-15(17,18)10-4-6-12(20-8-10)14(21)11-5-3-9-2-1-7-19-13(9)11/h1-2,4,6-8,11H,3,5H2. The Hall–Kier alpha value is -2.24. The second kappa shape index (κ2) is 4.95. The molecule has 0 saturated heterocycles. The molecule has 1 atom stereocenters. The molecule has 0 radical (unpaired) electrons. The smallest absolute Gasteiger partial charge is 0.292 e. The summed E-state index contributed by atoms with van der Waals surface area (Å²) in [6, 6.07) is 5.73. The monoisotopic (exact) mass is 292 g/mol. The van der Waals surface area contributed by atoms with Gasteiger partial charge in [0.25, 0.3) is 0 Å². The molecule has 0 aromatic carbocycles. The van der Waals surface area contributed by atoms with Gasteiger partial charge in [0, 0.05) is 12.4 Å². The molecule has 0 N–H and O–H groups in total. The van der Waals surface area contributed by atoms with E-state index in [9.17, 15) is 18.0 Å². The fraction of sp³-hybridized carbons (Fsp3) is 0.267. The molecule has 0 bridgehead atoms. The van der Waals surface area contributed by atoms with Gasteiger partial charge in [0.2, 0.25) is 0 Å². The normalized spacial score (nSPS) is 17.6. The number of aromatic nitrogens is 2. The molecule has 3 rings (SSSR count). The van der Waals surface area contributed by atoms with E-state index in [4.69, 9.17) is 0 Å². The lowest BCUT2D eigenvalue weighted by molar-refractivity contribution is -0.137. The summed E-state index contributed by atoms with van der Waals surface area (Å²) < 4.78 is 37.5. The topological polar surface area (TPSA) is 42.9 Å². The highest BCUT2D eigenvalue weighted by molar-refractivity contribution is 5.99. The van der Waals surface area contributed by atoms with Crippen molar-refractivity contribution in [3.8, 4) is 0 Å². The van der Waals surface area contributed by atoms with Crippen LogP contribution in [0.15, 0.2) is 36.7 Å². The van der Waals surface area contributed by atoms with E-state index in [1.165, 1.54) is 0 Å². The number of carbonyl (C=O) groups is 1. The lowest BCUT2D eigenvalue weighted by Crippen LogP contribution is -2.14. The van der Waals surface area contributed by atoms with E-state index in [0.717, 1.165) is 24.1 Å². The maximum atomic E-state index is 12.5. The number of Topliss-reactive ketones (excluding diaryl/α,β-unsaturated/α-hetero) is 1. The summed E-state index contributed by atoms with van der Waals surface area (Å²) in [6.07, 6.45) is -0.768. The highest BCUT2D eigenvalue weighted by Gasteiger charge is 2.33. The molecule has 21 heavy (non-hydrogen) atoms. The van der Waals surface area contributed by atoms with Gasteiger partial charge < -0.3 is 0 Å². The van der Waals surface area contributed by atoms with Gasteiger partial charge in [-0.05, 0) is 36.6 Å². The van der Waals surface area contributed by atoms with Crippen molar-refractivity contribution in [2.24, 2.45) is 0 Å². The molecule has 0 fully saturated rings. The van der Waals surface area contributed by atoms with Crippen LogP contribution in [-0.2, 0) is 12.6 Å². The number of rotatable bonds is 2. The van der Waals surface area contributed by atoms with E-state index in [1.807, 2.05) is 12.1 Å². The molecule has 1 unspecified atom stereocenters. The van der Waals surface area contributed by atoms with Crippen LogP contribution in [0.25, 0.3) is 0 Å². The van der Waals surface area contributed by atoms with E-state index >= 15 is 0 Å². The second-order valence-corrected chi connectivity index (χ2v) is 4.93. The van der Waals surface area contributed by atoms with Crippen molar-refractivity contribution in [1.29, 1.82) is 0 Å². The molecule has 2 aromatic heterocycles. The molecule has 0 spiro atoms. The Labute approximate surface area is 118 Å². The number of alkyl halides is 3. The first-order valence-electron chi connectivity index (χ1n) is 6.48.